The molecule has 10 heavy (non-hydrogen) atoms. The fourth-order valence-corrected chi connectivity index (χ4v) is 0.958. The molecule has 3 nitrogen and oxygen atoms in total. The molecular formula is C7H12O3. The predicted molar refractivity (Wildman–Crippen MR) is 36.7 cm³/mol. The van der Waals surface area contributed by atoms with E-state index in [1.54, 1.807) is 0 Å². The van der Waals surface area contributed by atoms with Crippen molar-refractivity contribution in [2.75, 3.05) is 13.2 Å². The van der Waals surface area contributed by atoms with Crippen molar-refractivity contribution < 1.29 is 14.6 Å². The minimum atomic E-state index is 0.233. The SMILES string of the molecule is O/C=C/OC1CCOCC1. The standard InChI is InChI=1S/C7H12O3/c8-3-6-10-7-1-4-9-5-2-7/h3,6-8H,1-2,4-5H2/b6-3+. The molecule has 0 radical (unpaired) electrons. The molecular weight excluding hydrogens is 132 g/mol. The minimum absolute atomic E-state index is 0.233. The lowest BCUT2D eigenvalue weighted by Gasteiger charge is -2.20. The van der Waals surface area contributed by atoms with Gasteiger partial charge in [0.1, 0.15) is 18.6 Å². The van der Waals surface area contributed by atoms with E-state index in [9.17, 15) is 0 Å². The van der Waals surface area contributed by atoms with Gasteiger partial charge in [-0.15, -0.1) is 0 Å². The van der Waals surface area contributed by atoms with Crippen molar-refractivity contribution in [1.82, 2.24) is 0 Å². The molecule has 1 rings (SSSR count). The van der Waals surface area contributed by atoms with Crippen LogP contribution in [0.5, 0.6) is 0 Å². The fourth-order valence-electron chi connectivity index (χ4n) is 0.958. The normalized spacial score (nSPS) is 21.6. The van der Waals surface area contributed by atoms with Crippen LogP contribution in [0.1, 0.15) is 12.8 Å². The topological polar surface area (TPSA) is 38.7 Å². The molecule has 0 aromatic carbocycles. The van der Waals surface area contributed by atoms with Crippen molar-refractivity contribution in [2.45, 2.75) is 18.9 Å². The largest absolute Gasteiger partial charge is 0.512 e. The molecule has 1 aliphatic heterocycles. The highest BCUT2D eigenvalue weighted by Crippen LogP contribution is 2.10. The van der Waals surface area contributed by atoms with Crippen LogP contribution in [0.25, 0.3) is 0 Å². The summed E-state index contributed by atoms with van der Waals surface area (Å²) in [6.45, 7) is 1.54. The zero-order valence-corrected chi connectivity index (χ0v) is 5.82. The molecule has 1 saturated heterocycles. The Balaban J connectivity index is 2.13. The monoisotopic (exact) mass is 144 g/mol. The molecule has 0 unspecified atom stereocenters. The maximum atomic E-state index is 8.26. The van der Waals surface area contributed by atoms with Crippen LogP contribution in [0.2, 0.25) is 0 Å². The van der Waals surface area contributed by atoms with Crippen molar-refractivity contribution in [3.8, 4) is 0 Å². The van der Waals surface area contributed by atoms with Gasteiger partial charge in [-0.25, -0.2) is 0 Å². The molecule has 1 aliphatic rings. The third-order valence-electron chi connectivity index (χ3n) is 1.50. The molecule has 3 heteroatoms. The lowest BCUT2D eigenvalue weighted by atomic mass is 10.2. The summed E-state index contributed by atoms with van der Waals surface area (Å²) in [5, 5.41) is 8.26. The molecule has 0 aromatic heterocycles. The molecule has 1 fully saturated rings. The summed E-state index contributed by atoms with van der Waals surface area (Å²) in [6.07, 6.45) is 4.30. The molecule has 0 aromatic rings. The summed E-state index contributed by atoms with van der Waals surface area (Å²) in [7, 11) is 0. The van der Waals surface area contributed by atoms with Gasteiger partial charge in [-0.05, 0) is 0 Å². The number of hydrogen-bond donors (Lipinski definition) is 1. The smallest absolute Gasteiger partial charge is 0.117 e. The van der Waals surface area contributed by atoms with E-state index in [0.717, 1.165) is 32.3 Å². The quantitative estimate of drug-likeness (QED) is 0.592. The lowest BCUT2D eigenvalue weighted by Crippen LogP contribution is -2.21. The average molecular weight is 144 g/mol. The first kappa shape index (κ1) is 7.41. The zero-order valence-electron chi connectivity index (χ0n) is 5.82. The van der Waals surface area contributed by atoms with E-state index in [4.69, 9.17) is 14.6 Å². The van der Waals surface area contributed by atoms with Gasteiger partial charge >= 0.3 is 0 Å². The first-order valence-electron chi connectivity index (χ1n) is 3.46. The minimum Gasteiger partial charge on any atom is -0.512 e. The summed E-state index contributed by atoms with van der Waals surface area (Å²) in [6, 6.07) is 0. The molecule has 0 atom stereocenters. The Hall–Kier alpha value is -0.700. The van der Waals surface area contributed by atoms with E-state index in [1.807, 2.05) is 0 Å². The molecule has 58 valence electrons. The third kappa shape index (κ3) is 2.27. The van der Waals surface area contributed by atoms with Gasteiger partial charge in [-0.1, -0.05) is 0 Å². The number of hydrogen-bond acceptors (Lipinski definition) is 3. The molecule has 1 N–H and O–H groups in total. The van der Waals surface area contributed by atoms with Crippen molar-refractivity contribution in [3.05, 3.63) is 12.5 Å². The van der Waals surface area contributed by atoms with Gasteiger partial charge in [0.25, 0.3) is 0 Å². The van der Waals surface area contributed by atoms with Gasteiger partial charge in [0.05, 0.1) is 13.2 Å². The van der Waals surface area contributed by atoms with Gasteiger partial charge < -0.3 is 14.6 Å². The summed E-state index contributed by atoms with van der Waals surface area (Å²) in [4.78, 5) is 0. The van der Waals surface area contributed by atoms with Gasteiger partial charge in [-0.2, -0.15) is 0 Å². The van der Waals surface area contributed by atoms with Crippen LogP contribution in [0.4, 0.5) is 0 Å². The number of aliphatic hydroxyl groups is 1. The maximum Gasteiger partial charge on any atom is 0.117 e. The van der Waals surface area contributed by atoms with E-state index in [0.29, 0.717) is 0 Å². The molecule has 0 spiro atoms. The summed E-state index contributed by atoms with van der Waals surface area (Å²) in [5.74, 6) is 0. The second-order valence-corrected chi connectivity index (χ2v) is 2.23. The van der Waals surface area contributed by atoms with Crippen LogP contribution in [-0.4, -0.2) is 24.4 Å². The fraction of sp³-hybridized carbons (Fsp3) is 0.714. The molecule has 0 saturated carbocycles. The summed E-state index contributed by atoms with van der Waals surface area (Å²) < 4.78 is 10.2. The van der Waals surface area contributed by atoms with E-state index in [2.05, 4.69) is 0 Å². The Morgan fingerprint density at radius 2 is 2.10 bits per heavy atom. The highest BCUT2D eigenvalue weighted by atomic mass is 16.5. The van der Waals surface area contributed by atoms with E-state index in [1.165, 1.54) is 6.26 Å². The first-order valence-corrected chi connectivity index (χ1v) is 3.46. The van der Waals surface area contributed by atoms with Crippen LogP contribution in [-0.2, 0) is 9.47 Å². The Bertz CT molecular complexity index is 105. The van der Waals surface area contributed by atoms with Crippen LogP contribution in [0, 0.1) is 0 Å². The van der Waals surface area contributed by atoms with Gasteiger partial charge in [0.15, 0.2) is 0 Å². The van der Waals surface area contributed by atoms with Crippen LogP contribution in [0.15, 0.2) is 12.5 Å². The summed E-state index contributed by atoms with van der Waals surface area (Å²) >= 11 is 0. The van der Waals surface area contributed by atoms with E-state index < -0.39 is 0 Å². The van der Waals surface area contributed by atoms with Crippen molar-refractivity contribution >= 4 is 0 Å². The van der Waals surface area contributed by atoms with Crippen LogP contribution in [0.3, 0.4) is 0 Å². The molecule has 0 aliphatic carbocycles. The second-order valence-electron chi connectivity index (χ2n) is 2.23. The number of aliphatic hydroxyl groups excluding tert-OH is 1. The molecule has 1 heterocycles. The van der Waals surface area contributed by atoms with E-state index in [-0.39, 0.29) is 6.10 Å². The van der Waals surface area contributed by atoms with E-state index >= 15 is 0 Å². The van der Waals surface area contributed by atoms with Gasteiger partial charge in [0, 0.05) is 12.8 Å². The third-order valence-corrected chi connectivity index (χ3v) is 1.50. The zero-order chi connectivity index (χ0) is 7.23. The Morgan fingerprint density at radius 3 is 2.70 bits per heavy atom. The lowest BCUT2D eigenvalue weighted by molar-refractivity contribution is 0.00473. The van der Waals surface area contributed by atoms with Crippen molar-refractivity contribution in [1.29, 1.82) is 0 Å². The maximum absolute atomic E-state index is 8.26. The molecule has 0 bridgehead atoms. The Kier molecular flexibility index (Phi) is 3.09. The van der Waals surface area contributed by atoms with Crippen molar-refractivity contribution in [3.63, 3.8) is 0 Å². The predicted octanol–water partition coefficient (Wildman–Crippen LogP) is 1.21. The highest BCUT2D eigenvalue weighted by molar-refractivity contribution is 4.67. The molecule has 0 amide bonds. The first-order chi connectivity index (χ1) is 4.93. The highest BCUT2D eigenvalue weighted by Gasteiger charge is 2.12. The van der Waals surface area contributed by atoms with Crippen LogP contribution >= 0.6 is 0 Å². The Morgan fingerprint density at radius 1 is 1.40 bits per heavy atom. The van der Waals surface area contributed by atoms with Crippen LogP contribution < -0.4 is 0 Å². The van der Waals surface area contributed by atoms with Gasteiger partial charge in [0.2, 0.25) is 0 Å². The summed E-state index contributed by atoms with van der Waals surface area (Å²) in [5.41, 5.74) is 0. The second kappa shape index (κ2) is 4.17. The van der Waals surface area contributed by atoms with Gasteiger partial charge in [-0.3, -0.25) is 0 Å². The number of rotatable bonds is 2. The number of ether oxygens (including phenoxy) is 2. The Labute approximate surface area is 60.3 Å². The average Bonchev–Trinajstić information content (AvgIpc) is 2.03. The van der Waals surface area contributed by atoms with Crippen molar-refractivity contribution in [2.24, 2.45) is 0 Å².